The van der Waals surface area contributed by atoms with Crippen LogP contribution in [0.2, 0.25) is 0 Å². The van der Waals surface area contributed by atoms with Gasteiger partial charge in [-0.3, -0.25) is 24.1 Å². The van der Waals surface area contributed by atoms with Gasteiger partial charge in [0.1, 0.15) is 16.3 Å². The van der Waals surface area contributed by atoms with Crippen LogP contribution in [0, 0.1) is 11.8 Å². The van der Waals surface area contributed by atoms with Gasteiger partial charge in [0.25, 0.3) is 0 Å². The number of rotatable bonds is 5. The second-order valence-electron chi connectivity index (χ2n) is 8.79. The van der Waals surface area contributed by atoms with E-state index in [9.17, 15) is 19.2 Å². The third kappa shape index (κ3) is 2.89. The molecule has 0 unspecified atom stereocenters. The Kier molecular flexibility index (Phi) is 4.97. The van der Waals surface area contributed by atoms with Crippen LogP contribution in [0.4, 0.5) is 0 Å². The van der Waals surface area contributed by atoms with E-state index in [4.69, 9.17) is 27.9 Å². The largest absolute Gasteiger partial charge is 0.456 e. The Morgan fingerprint density at radius 2 is 1.31 bits per heavy atom. The second kappa shape index (κ2) is 7.75. The van der Waals surface area contributed by atoms with Crippen LogP contribution in [-0.2, 0) is 28.9 Å². The first kappa shape index (κ1) is 22.5. The van der Waals surface area contributed by atoms with E-state index in [1.807, 2.05) is 48.5 Å². The molecule has 1 fully saturated rings. The number of Topliss-reactive ketones (excluding diaryl/α,β-unsaturated/α-hetero) is 1. The first-order valence-corrected chi connectivity index (χ1v) is 12.6. The van der Waals surface area contributed by atoms with Crippen molar-refractivity contribution in [1.29, 1.82) is 0 Å². The smallest absolute Gasteiger partial charge is 0.326 e. The molecule has 9 heteroatoms. The fraction of sp³-hybridized carbons (Fsp3) is 0.231. The van der Waals surface area contributed by atoms with Crippen LogP contribution in [0.1, 0.15) is 31.9 Å². The monoisotopic (exact) mass is 525 g/mol. The van der Waals surface area contributed by atoms with Crippen LogP contribution in [0.15, 0.2) is 66.0 Å². The van der Waals surface area contributed by atoms with Gasteiger partial charge in [-0.05, 0) is 33.7 Å². The first-order valence-electron chi connectivity index (χ1n) is 10.9. The molecule has 2 heterocycles. The minimum absolute atomic E-state index is 0.357. The number of esters is 1. The highest BCUT2D eigenvalue weighted by molar-refractivity contribution is 7.12. The molecule has 6 nitrogen and oxygen atoms in total. The molecule has 7 rings (SSSR count). The quantitative estimate of drug-likeness (QED) is 0.217. The average Bonchev–Trinajstić information content (AvgIpc) is 3.49. The highest BCUT2D eigenvalue weighted by Crippen LogP contribution is 2.69. The second-order valence-corrected chi connectivity index (χ2v) is 10.9. The zero-order valence-corrected chi connectivity index (χ0v) is 20.4. The van der Waals surface area contributed by atoms with Crippen molar-refractivity contribution in [2.75, 3.05) is 13.2 Å². The Labute approximate surface area is 214 Å². The Balaban J connectivity index is 1.34. The van der Waals surface area contributed by atoms with Crippen molar-refractivity contribution in [3.05, 3.63) is 93.2 Å². The molecule has 0 radical (unpaired) electrons. The summed E-state index contributed by atoms with van der Waals surface area (Å²) in [6, 6.07) is 18.0. The number of imide groups is 1. The molecule has 0 N–H and O–H groups in total. The standard InChI is InChI=1S/C26H17Cl2NO5S/c27-25-14-6-1-2-7-15(14)26(28,17-9-4-3-8-16(17)25)22-21(25)23(32)29(24(22)33)12-20(31)34-13-18(30)19-10-5-11-35-19/h1-11,21-22H,12-13H2/t21-,22-,25?,26?/m1/s1. The van der Waals surface area contributed by atoms with Gasteiger partial charge in [-0.2, -0.15) is 0 Å². The number of nitrogens with zero attached hydrogens (tertiary/aromatic N) is 1. The summed E-state index contributed by atoms with van der Waals surface area (Å²) in [7, 11) is 0. The summed E-state index contributed by atoms with van der Waals surface area (Å²) in [4.78, 5) is 50.7. The van der Waals surface area contributed by atoms with E-state index in [1.54, 1.807) is 17.5 Å². The van der Waals surface area contributed by atoms with Gasteiger partial charge in [-0.25, -0.2) is 0 Å². The van der Waals surface area contributed by atoms with Crippen LogP contribution in [0.5, 0.6) is 0 Å². The van der Waals surface area contributed by atoms with Crippen molar-refractivity contribution in [2.24, 2.45) is 11.8 Å². The van der Waals surface area contributed by atoms with Crippen LogP contribution in [-0.4, -0.2) is 41.6 Å². The third-order valence-corrected chi connectivity index (χ3v) is 9.32. The molecule has 0 spiro atoms. The lowest BCUT2D eigenvalue weighted by Crippen LogP contribution is -2.57. The lowest BCUT2D eigenvalue weighted by molar-refractivity contribution is -0.152. The number of thiophene rings is 1. The molecule has 1 aliphatic heterocycles. The molecule has 2 amide bonds. The van der Waals surface area contributed by atoms with Gasteiger partial charge >= 0.3 is 5.97 Å². The Hall–Kier alpha value is -3.00. The molecule has 176 valence electrons. The van der Waals surface area contributed by atoms with E-state index in [0.717, 1.165) is 4.90 Å². The molecule has 4 aliphatic rings. The van der Waals surface area contributed by atoms with E-state index in [2.05, 4.69) is 0 Å². The van der Waals surface area contributed by atoms with Gasteiger partial charge < -0.3 is 4.74 Å². The summed E-state index contributed by atoms with van der Waals surface area (Å²) in [5.74, 6) is -4.34. The normalized spacial score (nSPS) is 27.9. The fourth-order valence-corrected chi connectivity index (χ4v) is 7.46. The third-order valence-electron chi connectivity index (χ3n) is 7.12. The summed E-state index contributed by atoms with van der Waals surface area (Å²) in [6.45, 7) is -1.09. The summed E-state index contributed by atoms with van der Waals surface area (Å²) >= 11 is 15.9. The number of carbonyl (C=O) groups excluding carboxylic acids is 4. The Bertz CT molecular complexity index is 1300. The molecule has 3 aliphatic carbocycles. The van der Waals surface area contributed by atoms with E-state index >= 15 is 0 Å². The lowest BCUT2D eigenvalue weighted by atomic mass is 9.54. The van der Waals surface area contributed by atoms with Crippen molar-refractivity contribution in [3.8, 4) is 0 Å². The van der Waals surface area contributed by atoms with Gasteiger partial charge in [0.2, 0.25) is 17.6 Å². The number of alkyl halides is 2. The van der Waals surface area contributed by atoms with Gasteiger partial charge in [0.15, 0.2) is 6.61 Å². The molecule has 1 aromatic heterocycles. The van der Waals surface area contributed by atoms with Gasteiger partial charge in [-0.1, -0.05) is 54.6 Å². The summed E-state index contributed by atoms with van der Waals surface area (Å²) in [5.41, 5.74) is 2.74. The molecular formula is C26H17Cl2NO5S. The maximum Gasteiger partial charge on any atom is 0.326 e. The molecule has 3 aromatic rings. The average molecular weight is 526 g/mol. The minimum atomic E-state index is -1.31. The highest BCUT2D eigenvalue weighted by Gasteiger charge is 2.73. The number of benzene rings is 2. The van der Waals surface area contributed by atoms with Gasteiger partial charge in [0, 0.05) is 0 Å². The van der Waals surface area contributed by atoms with Crippen molar-refractivity contribution in [3.63, 3.8) is 0 Å². The van der Waals surface area contributed by atoms with Crippen LogP contribution in [0.3, 0.4) is 0 Å². The van der Waals surface area contributed by atoms with Crippen LogP contribution in [0.25, 0.3) is 0 Å². The number of ether oxygens (including phenoxy) is 1. The van der Waals surface area contributed by atoms with Crippen molar-refractivity contribution < 1.29 is 23.9 Å². The molecule has 0 saturated carbocycles. The minimum Gasteiger partial charge on any atom is -0.456 e. The van der Waals surface area contributed by atoms with Gasteiger partial charge in [-0.15, -0.1) is 34.5 Å². The van der Waals surface area contributed by atoms with Crippen molar-refractivity contribution in [1.82, 2.24) is 4.90 Å². The molecule has 2 bridgehead atoms. The predicted octanol–water partition coefficient (Wildman–Crippen LogP) is 4.07. The number of carbonyl (C=O) groups is 4. The Morgan fingerprint density at radius 1 is 0.829 bits per heavy atom. The maximum atomic E-state index is 13.7. The maximum absolute atomic E-state index is 13.7. The summed E-state index contributed by atoms with van der Waals surface area (Å²) in [5, 5.41) is 1.74. The summed E-state index contributed by atoms with van der Waals surface area (Å²) < 4.78 is 5.09. The van der Waals surface area contributed by atoms with E-state index in [0.29, 0.717) is 27.1 Å². The number of hydrogen-bond donors (Lipinski definition) is 0. The molecule has 2 aromatic carbocycles. The fourth-order valence-electron chi connectivity index (χ4n) is 5.71. The van der Waals surface area contributed by atoms with Crippen LogP contribution < -0.4 is 0 Å². The molecular weight excluding hydrogens is 509 g/mol. The first-order chi connectivity index (χ1) is 16.8. The molecule has 35 heavy (non-hydrogen) atoms. The van der Waals surface area contributed by atoms with Crippen molar-refractivity contribution in [2.45, 2.75) is 9.75 Å². The number of amides is 2. The molecule has 2 atom stereocenters. The number of likely N-dealkylation sites (tertiary alicyclic amines) is 1. The predicted molar refractivity (Wildman–Crippen MR) is 129 cm³/mol. The number of halogens is 2. The Morgan fingerprint density at radius 3 is 1.74 bits per heavy atom. The van der Waals surface area contributed by atoms with Crippen molar-refractivity contribution >= 4 is 58.1 Å². The van der Waals surface area contributed by atoms with Gasteiger partial charge in [0.05, 0.1) is 16.7 Å². The topological polar surface area (TPSA) is 80.8 Å². The molecule has 1 saturated heterocycles. The number of hydrogen-bond acceptors (Lipinski definition) is 6. The zero-order chi connectivity index (χ0) is 24.5. The number of ketones is 1. The highest BCUT2D eigenvalue weighted by atomic mass is 35.5. The van der Waals surface area contributed by atoms with E-state index in [1.165, 1.54) is 11.3 Å². The van der Waals surface area contributed by atoms with E-state index < -0.39 is 52.5 Å². The summed E-state index contributed by atoms with van der Waals surface area (Å²) in [6.07, 6.45) is 0. The van der Waals surface area contributed by atoms with Crippen LogP contribution >= 0.6 is 34.5 Å². The van der Waals surface area contributed by atoms with E-state index in [-0.39, 0.29) is 5.78 Å². The lowest BCUT2D eigenvalue weighted by Gasteiger charge is -2.54. The SMILES string of the molecule is O=C(CN1C(=O)[C@H]2[C@H](C1=O)C1(Cl)c3ccccc3C2(Cl)c2ccccc21)OCC(=O)c1cccs1. The zero-order valence-electron chi connectivity index (χ0n) is 18.1.